The molecule has 1 heterocycles. The third-order valence-electron chi connectivity index (χ3n) is 4.18. The van der Waals surface area contributed by atoms with Crippen molar-refractivity contribution < 1.29 is 28.3 Å². The maximum Gasteiger partial charge on any atom is 0.310 e. The molecule has 0 atom stereocenters. The molecule has 8 heteroatoms. The number of allylic oxidation sites excluding steroid dienone is 1. The van der Waals surface area contributed by atoms with E-state index >= 15 is 0 Å². The fourth-order valence-corrected chi connectivity index (χ4v) is 2.68. The molecule has 30 heavy (non-hydrogen) atoms. The lowest BCUT2D eigenvalue weighted by atomic mass is 10.1. The Kier molecular flexibility index (Phi) is 6.49. The number of methoxy groups -OCH3 is 2. The van der Waals surface area contributed by atoms with E-state index in [1.54, 1.807) is 42.5 Å². The summed E-state index contributed by atoms with van der Waals surface area (Å²) in [5, 5.41) is 11.0. The third-order valence-corrected chi connectivity index (χ3v) is 4.18. The van der Waals surface area contributed by atoms with Crippen LogP contribution in [0.3, 0.4) is 0 Å². The van der Waals surface area contributed by atoms with Crippen LogP contribution in [-0.2, 0) is 6.61 Å². The molecule has 3 rings (SSSR count). The van der Waals surface area contributed by atoms with Gasteiger partial charge in [-0.3, -0.25) is 14.9 Å². The van der Waals surface area contributed by atoms with E-state index in [0.717, 1.165) is 0 Å². The molecule has 0 amide bonds. The summed E-state index contributed by atoms with van der Waals surface area (Å²) in [6.45, 7) is 0.0162. The van der Waals surface area contributed by atoms with Crippen LogP contribution in [0.1, 0.15) is 21.9 Å². The van der Waals surface area contributed by atoms with E-state index in [9.17, 15) is 14.9 Å². The van der Waals surface area contributed by atoms with Gasteiger partial charge in [0.25, 0.3) is 0 Å². The lowest BCUT2D eigenvalue weighted by Gasteiger charge is -2.07. The summed E-state index contributed by atoms with van der Waals surface area (Å²) in [5.41, 5.74) is 0.320. The fourth-order valence-electron chi connectivity index (χ4n) is 2.68. The maximum absolute atomic E-state index is 12.4. The van der Waals surface area contributed by atoms with Crippen LogP contribution in [0, 0.1) is 10.1 Å². The van der Waals surface area contributed by atoms with Crippen LogP contribution in [0.25, 0.3) is 6.08 Å². The molecule has 0 aliphatic rings. The van der Waals surface area contributed by atoms with Crippen molar-refractivity contribution in [3.8, 4) is 17.2 Å². The van der Waals surface area contributed by atoms with Crippen molar-refractivity contribution >= 4 is 17.5 Å². The standard InChI is InChI=1S/C22H19NO7/c1-27-21-12-7-15(13-22(21)28-2)19(24)11-10-16-8-9-17(30-16)14-29-20-6-4-3-5-18(20)23(25)26/h3-13H,14H2,1-2H3/b11-10+. The van der Waals surface area contributed by atoms with Crippen LogP contribution in [0.5, 0.6) is 17.2 Å². The van der Waals surface area contributed by atoms with Crippen LogP contribution in [0.2, 0.25) is 0 Å². The first kappa shape index (κ1) is 20.7. The molecule has 0 saturated heterocycles. The van der Waals surface area contributed by atoms with Crippen LogP contribution < -0.4 is 14.2 Å². The van der Waals surface area contributed by atoms with Crippen molar-refractivity contribution in [3.05, 3.63) is 87.9 Å². The first-order valence-corrected chi connectivity index (χ1v) is 8.91. The predicted molar refractivity (Wildman–Crippen MR) is 109 cm³/mol. The molecule has 0 radical (unpaired) electrons. The van der Waals surface area contributed by atoms with Gasteiger partial charge in [-0.15, -0.1) is 0 Å². The molecule has 0 N–H and O–H groups in total. The van der Waals surface area contributed by atoms with Crippen molar-refractivity contribution in [1.29, 1.82) is 0 Å². The van der Waals surface area contributed by atoms with E-state index < -0.39 is 4.92 Å². The highest BCUT2D eigenvalue weighted by atomic mass is 16.6. The summed E-state index contributed by atoms with van der Waals surface area (Å²) in [6.07, 6.45) is 2.92. The highest BCUT2D eigenvalue weighted by molar-refractivity contribution is 6.07. The van der Waals surface area contributed by atoms with Gasteiger partial charge >= 0.3 is 5.69 Å². The van der Waals surface area contributed by atoms with E-state index in [4.69, 9.17) is 18.6 Å². The Hall–Kier alpha value is -4.07. The Morgan fingerprint density at radius 1 is 1.03 bits per heavy atom. The van der Waals surface area contributed by atoms with Gasteiger partial charge in [0.15, 0.2) is 23.0 Å². The smallest absolute Gasteiger partial charge is 0.310 e. The van der Waals surface area contributed by atoms with Gasteiger partial charge < -0.3 is 18.6 Å². The lowest BCUT2D eigenvalue weighted by Crippen LogP contribution is -1.98. The molecule has 0 saturated carbocycles. The Morgan fingerprint density at radius 2 is 1.80 bits per heavy atom. The number of para-hydroxylation sites is 2. The minimum Gasteiger partial charge on any atom is -0.493 e. The molecule has 154 valence electrons. The van der Waals surface area contributed by atoms with Crippen molar-refractivity contribution in [2.75, 3.05) is 14.2 Å². The van der Waals surface area contributed by atoms with Gasteiger partial charge in [-0.1, -0.05) is 12.1 Å². The molecule has 2 aromatic carbocycles. The van der Waals surface area contributed by atoms with E-state index in [1.807, 2.05) is 0 Å². The first-order valence-electron chi connectivity index (χ1n) is 8.91. The average Bonchev–Trinajstić information content (AvgIpc) is 3.23. The van der Waals surface area contributed by atoms with Crippen molar-refractivity contribution in [3.63, 3.8) is 0 Å². The van der Waals surface area contributed by atoms with E-state index in [1.165, 1.54) is 38.5 Å². The van der Waals surface area contributed by atoms with E-state index in [-0.39, 0.29) is 23.8 Å². The molecule has 0 bridgehead atoms. The highest BCUT2D eigenvalue weighted by Gasteiger charge is 2.14. The summed E-state index contributed by atoms with van der Waals surface area (Å²) < 4.78 is 21.4. The fraction of sp³-hybridized carbons (Fsp3) is 0.136. The van der Waals surface area contributed by atoms with Gasteiger partial charge in [-0.2, -0.15) is 0 Å². The van der Waals surface area contributed by atoms with Gasteiger partial charge in [0.1, 0.15) is 18.1 Å². The first-order chi connectivity index (χ1) is 14.5. The number of nitrogens with zero attached hydrogens (tertiary/aromatic N) is 1. The Morgan fingerprint density at radius 3 is 2.53 bits per heavy atom. The highest BCUT2D eigenvalue weighted by Crippen LogP contribution is 2.28. The number of carbonyl (C=O) groups is 1. The van der Waals surface area contributed by atoms with Gasteiger partial charge in [0.2, 0.25) is 0 Å². The molecule has 8 nitrogen and oxygen atoms in total. The normalized spacial score (nSPS) is 10.7. The number of hydrogen-bond acceptors (Lipinski definition) is 7. The second-order valence-electron chi connectivity index (χ2n) is 6.08. The van der Waals surface area contributed by atoms with Crippen molar-refractivity contribution in [2.45, 2.75) is 6.61 Å². The number of benzene rings is 2. The largest absolute Gasteiger partial charge is 0.493 e. The number of ether oxygens (including phenoxy) is 3. The Labute approximate surface area is 172 Å². The molecule has 0 aliphatic heterocycles. The number of furan rings is 1. The molecular weight excluding hydrogens is 390 g/mol. The number of ketones is 1. The minimum atomic E-state index is -0.509. The summed E-state index contributed by atoms with van der Waals surface area (Å²) in [6, 6.07) is 14.3. The number of rotatable bonds is 9. The second-order valence-corrected chi connectivity index (χ2v) is 6.08. The SMILES string of the molecule is COc1ccc(C(=O)/C=C/c2ccc(COc3ccccc3[N+](=O)[O-])o2)cc1OC. The second kappa shape index (κ2) is 9.42. The van der Waals surface area contributed by atoms with Crippen molar-refractivity contribution in [1.82, 2.24) is 0 Å². The van der Waals surface area contributed by atoms with Gasteiger partial charge in [-0.05, 0) is 48.6 Å². The van der Waals surface area contributed by atoms with Gasteiger partial charge in [0, 0.05) is 11.6 Å². The van der Waals surface area contributed by atoms with Crippen LogP contribution in [-0.4, -0.2) is 24.9 Å². The van der Waals surface area contributed by atoms with Gasteiger partial charge in [-0.25, -0.2) is 0 Å². The third kappa shape index (κ3) is 4.85. The van der Waals surface area contributed by atoms with E-state index in [2.05, 4.69) is 0 Å². The molecule has 0 fully saturated rings. The monoisotopic (exact) mass is 409 g/mol. The Bertz CT molecular complexity index is 1080. The molecule has 0 unspecified atom stereocenters. The van der Waals surface area contributed by atoms with Crippen molar-refractivity contribution in [2.24, 2.45) is 0 Å². The summed E-state index contributed by atoms with van der Waals surface area (Å²) in [7, 11) is 3.02. The minimum absolute atomic E-state index is 0.0162. The molecule has 3 aromatic rings. The average molecular weight is 409 g/mol. The summed E-state index contributed by atoms with van der Waals surface area (Å²) in [4.78, 5) is 22.9. The molecule has 1 aromatic heterocycles. The quantitative estimate of drug-likeness (QED) is 0.219. The topological polar surface area (TPSA) is 101 Å². The molecule has 0 spiro atoms. The predicted octanol–water partition coefficient (Wildman–Crippen LogP) is 4.68. The summed E-state index contributed by atoms with van der Waals surface area (Å²) >= 11 is 0. The van der Waals surface area contributed by atoms with Crippen LogP contribution in [0.4, 0.5) is 5.69 Å². The lowest BCUT2D eigenvalue weighted by molar-refractivity contribution is -0.386. The zero-order valence-corrected chi connectivity index (χ0v) is 16.4. The van der Waals surface area contributed by atoms with E-state index in [0.29, 0.717) is 28.6 Å². The van der Waals surface area contributed by atoms with Gasteiger partial charge in [0.05, 0.1) is 19.1 Å². The zero-order chi connectivity index (χ0) is 21.5. The number of nitro groups is 1. The molecule has 0 aliphatic carbocycles. The van der Waals surface area contributed by atoms with Crippen LogP contribution in [0.15, 0.2) is 65.1 Å². The maximum atomic E-state index is 12.4. The summed E-state index contributed by atoms with van der Waals surface area (Å²) in [5.74, 6) is 1.83. The Balaban J connectivity index is 1.65. The number of carbonyl (C=O) groups excluding carboxylic acids is 1. The zero-order valence-electron chi connectivity index (χ0n) is 16.4. The number of hydrogen-bond donors (Lipinski definition) is 0. The van der Waals surface area contributed by atoms with Crippen LogP contribution >= 0.6 is 0 Å². The molecular formula is C22H19NO7. The number of nitro benzene ring substituents is 1.